The van der Waals surface area contributed by atoms with E-state index >= 15 is 0 Å². The molecule has 1 aromatic heterocycles. The minimum absolute atomic E-state index is 0.0562. The zero-order valence-corrected chi connectivity index (χ0v) is 21.1. The third-order valence-electron chi connectivity index (χ3n) is 5.34. The van der Waals surface area contributed by atoms with E-state index in [4.69, 9.17) is 9.26 Å². The van der Waals surface area contributed by atoms with E-state index in [1.54, 1.807) is 31.3 Å². The van der Waals surface area contributed by atoms with Gasteiger partial charge in [0.25, 0.3) is 5.91 Å². The second-order valence-electron chi connectivity index (χ2n) is 9.10. The van der Waals surface area contributed by atoms with Gasteiger partial charge in [-0.1, -0.05) is 50.2 Å². The number of carbonyl (C=O) groups is 1. The molecule has 0 radical (unpaired) electrons. The molecule has 0 aliphatic heterocycles. The molecule has 34 heavy (non-hydrogen) atoms. The number of hydrogen-bond acceptors (Lipinski definition) is 7. The van der Waals surface area contributed by atoms with Gasteiger partial charge in [0.05, 0.1) is 18.5 Å². The van der Waals surface area contributed by atoms with E-state index in [1.807, 2.05) is 24.3 Å². The first kappa shape index (κ1) is 25.2. The summed E-state index contributed by atoms with van der Waals surface area (Å²) in [6.07, 6.45) is 1.13. The zero-order chi connectivity index (χ0) is 25.1. The fourth-order valence-corrected chi connectivity index (χ4v) is 3.55. The van der Waals surface area contributed by atoms with Crippen molar-refractivity contribution in [3.8, 4) is 17.1 Å². The van der Waals surface area contributed by atoms with E-state index in [-0.39, 0.29) is 24.5 Å². The van der Waals surface area contributed by atoms with Crippen LogP contribution >= 0.6 is 0 Å². The molecule has 3 aromatic rings. The highest BCUT2D eigenvalue weighted by atomic mass is 32.2. The van der Waals surface area contributed by atoms with Crippen molar-refractivity contribution in [1.29, 1.82) is 0 Å². The average Bonchev–Trinajstić information content (AvgIpc) is 3.24. The number of sulfonamides is 1. The maximum absolute atomic E-state index is 12.5. The molecule has 3 rings (SSSR count). The van der Waals surface area contributed by atoms with Gasteiger partial charge in [-0.3, -0.25) is 9.10 Å². The van der Waals surface area contributed by atoms with Crippen LogP contribution < -0.4 is 9.04 Å². The SMILES string of the molecule is CN(Cc1nc(-c2ccc(C(C)(C)C)cc2)no1)C(=O)COc1ccc(N(C)S(C)(=O)=O)cc1. The molecule has 0 fully saturated rings. The highest BCUT2D eigenvalue weighted by molar-refractivity contribution is 7.92. The third-order valence-corrected chi connectivity index (χ3v) is 6.54. The maximum Gasteiger partial charge on any atom is 0.260 e. The molecule has 1 amide bonds. The van der Waals surface area contributed by atoms with Gasteiger partial charge in [-0.2, -0.15) is 4.98 Å². The summed E-state index contributed by atoms with van der Waals surface area (Å²) >= 11 is 0. The predicted molar refractivity (Wildman–Crippen MR) is 130 cm³/mol. The monoisotopic (exact) mass is 486 g/mol. The zero-order valence-electron chi connectivity index (χ0n) is 20.3. The lowest BCUT2D eigenvalue weighted by Gasteiger charge is -2.18. The van der Waals surface area contributed by atoms with Crippen molar-refractivity contribution in [1.82, 2.24) is 15.0 Å². The number of aromatic nitrogens is 2. The van der Waals surface area contributed by atoms with Crippen molar-refractivity contribution in [2.75, 3.05) is 31.3 Å². The number of carbonyl (C=O) groups excluding carboxylic acids is 1. The molecular formula is C24H30N4O5S. The summed E-state index contributed by atoms with van der Waals surface area (Å²) in [5, 5.41) is 4.02. The van der Waals surface area contributed by atoms with Gasteiger partial charge in [0, 0.05) is 19.7 Å². The van der Waals surface area contributed by atoms with Crippen molar-refractivity contribution in [2.24, 2.45) is 0 Å². The van der Waals surface area contributed by atoms with Crippen molar-refractivity contribution < 1.29 is 22.5 Å². The molecule has 0 aliphatic rings. The Morgan fingerprint density at radius 2 is 1.65 bits per heavy atom. The Balaban J connectivity index is 1.55. The van der Waals surface area contributed by atoms with Crippen molar-refractivity contribution in [2.45, 2.75) is 32.7 Å². The Morgan fingerprint density at radius 3 is 2.21 bits per heavy atom. The molecule has 0 atom stereocenters. The second-order valence-corrected chi connectivity index (χ2v) is 11.1. The molecule has 9 nitrogen and oxygen atoms in total. The summed E-state index contributed by atoms with van der Waals surface area (Å²) in [4.78, 5) is 18.3. The summed E-state index contributed by atoms with van der Waals surface area (Å²) in [7, 11) is -0.259. The molecule has 0 unspecified atom stereocenters. The van der Waals surface area contributed by atoms with E-state index in [1.165, 1.54) is 17.5 Å². The van der Waals surface area contributed by atoms with Crippen LogP contribution in [0.1, 0.15) is 32.2 Å². The van der Waals surface area contributed by atoms with Crippen LogP contribution in [0.2, 0.25) is 0 Å². The summed E-state index contributed by atoms with van der Waals surface area (Å²) < 4.78 is 35.2. The van der Waals surface area contributed by atoms with E-state index < -0.39 is 10.0 Å². The van der Waals surface area contributed by atoms with Crippen LogP contribution in [0.5, 0.6) is 5.75 Å². The lowest BCUT2D eigenvalue weighted by Crippen LogP contribution is -2.31. The number of anilines is 1. The molecule has 0 N–H and O–H groups in total. The van der Waals surface area contributed by atoms with Gasteiger partial charge in [0.1, 0.15) is 5.75 Å². The normalized spacial score (nSPS) is 11.8. The van der Waals surface area contributed by atoms with Crippen LogP contribution in [0.25, 0.3) is 11.4 Å². The highest BCUT2D eigenvalue weighted by Gasteiger charge is 2.17. The van der Waals surface area contributed by atoms with Gasteiger partial charge >= 0.3 is 0 Å². The van der Waals surface area contributed by atoms with E-state index in [2.05, 4.69) is 30.9 Å². The molecule has 1 heterocycles. The van der Waals surface area contributed by atoms with Gasteiger partial charge < -0.3 is 14.2 Å². The molecule has 10 heteroatoms. The van der Waals surface area contributed by atoms with Crippen LogP contribution in [0.3, 0.4) is 0 Å². The minimum atomic E-state index is -3.35. The standard InChI is InChI=1S/C24H30N4O5S/c1-24(2,3)18-9-7-17(8-10-18)23-25-21(33-26-23)15-27(4)22(29)16-32-20-13-11-19(12-14-20)28(5)34(6,30)31/h7-14H,15-16H2,1-6H3. The molecule has 0 aliphatic carbocycles. The summed E-state index contributed by atoms with van der Waals surface area (Å²) in [6, 6.07) is 14.4. The molecular weight excluding hydrogens is 456 g/mol. The topological polar surface area (TPSA) is 106 Å². The molecule has 0 spiro atoms. The van der Waals surface area contributed by atoms with Crippen LogP contribution in [-0.4, -0.2) is 56.3 Å². The van der Waals surface area contributed by atoms with Crippen LogP contribution in [0, 0.1) is 0 Å². The number of amides is 1. The van der Waals surface area contributed by atoms with Crippen molar-refractivity contribution in [3.63, 3.8) is 0 Å². The Hall–Kier alpha value is -3.40. The number of hydrogen-bond donors (Lipinski definition) is 0. The van der Waals surface area contributed by atoms with Gasteiger partial charge in [0.15, 0.2) is 6.61 Å². The number of ether oxygens (including phenoxy) is 1. The van der Waals surface area contributed by atoms with Crippen molar-refractivity contribution >= 4 is 21.6 Å². The quantitative estimate of drug-likeness (QED) is 0.480. The predicted octanol–water partition coefficient (Wildman–Crippen LogP) is 3.47. The first-order valence-electron chi connectivity index (χ1n) is 10.7. The lowest BCUT2D eigenvalue weighted by molar-refractivity contribution is -0.132. The smallest absolute Gasteiger partial charge is 0.260 e. The van der Waals surface area contributed by atoms with E-state index in [9.17, 15) is 13.2 Å². The summed E-state index contributed by atoms with van der Waals surface area (Å²) in [5.41, 5.74) is 2.60. The highest BCUT2D eigenvalue weighted by Crippen LogP contribution is 2.25. The van der Waals surface area contributed by atoms with E-state index in [0.717, 1.165) is 16.1 Å². The third kappa shape index (κ3) is 6.34. The minimum Gasteiger partial charge on any atom is -0.484 e. The van der Waals surface area contributed by atoms with Crippen LogP contribution in [0.15, 0.2) is 53.1 Å². The summed E-state index contributed by atoms with van der Waals surface area (Å²) in [5.74, 6) is 0.961. The fraction of sp³-hybridized carbons (Fsp3) is 0.375. The number of rotatable bonds is 8. The molecule has 2 aromatic carbocycles. The Morgan fingerprint density at radius 1 is 1.03 bits per heavy atom. The average molecular weight is 487 g/mol. The molecule has 0 saturated heterocycles. The first-order chi connectivity index (χ1) is 15.8. The Bertz CT molecular complexity index is 1230. The maximum atomic E-state index is 12.5. The van der Waals surface area contributed by atoms with Crippen LogP contribution in [0.4, 0.5) is 5.69 Å². The van der Waals surface area contributed by atoms with Crippen molar-refractivity contribution in [3.05, 3.63) is 60.0 Å². The fourth-order valence-electron chi connectivity index (χ4n) is 3.05. The Labute approximate surface area is 200 Å². The van der Waals surface area contributed by atoms with Gasteiger partial charge in [0.2, 0.25) is 21.7 Å². The Kier molecular flexibility index (Phi) is 7.30. The number of benzene rings is 2. The summed E-state index contributed by atoms with van der Waals surface area (Å²) in [6.45, 7) is 6.41. The van der Waals surface area contributed by atoms with Gasteiger partial charge in [-0.15, -0.1) is 0 Å². The van der Waals surface area contributed by atoms with Crippen LogP contribution in [-0.2, 0) is 26.8 Å². The van der Waals surface area contributed by atoms with Gasteiger partial charge in [-0.25, -0.2) is 8.42 Å². The van der Waals surface area contributed by atoms with E-state index in [0.29, 0.717) is 23.2 Å². The molecule has 182 valence electrons. The molecule has 0 saturated carbocycles. The largest absolute Gasteiger partial charge is 0.484 e. The second kappa shape index (κ2) is 9.84. The van der Waals surface area contributed by atoms with Gasteiger partial charge in [-0.05, 0) is 35.2 Å². The number of nitrogens with zero attached hydrogens (tertiary/aromatic N) is 4. The molecule has 0 bridgehead atoms. The lowest BCUT2D eigenvalue weighted by atomic mass is 9.87. The first-order valence-corrected chi connectivity index (χ1v) is 12.5. The number of likely N-dealkylation sites (N-methyl/N-ethyl adjacent to an activating group) is 1.